The molecule has 0 atom stereocenters. The van der Waals surface area contributed by atoms with Crippen molar-refractivity contribution >= 4 is 70.4 Å². The average Bonchev–Trinajstić information content (AvgIpc) is 1.04. The number of amides is 10. The number of hydrogen-bond donors (Lipinski definition) is 6. The van der Waals surface area contributed by atoms with Gasteiger partial charge in [0.2, 0.25) is 47.3 Å². The van der Waals surface area contributed by atoms with E-state index in [9.17, 15) is 47.9 Å². The van der Waals surface area contributed by atoms with Crippen molar-refractivity contribution in [1.82, 2.24) is 36.8 Å². The highest BCUT2D eigenvalue weighted by Crippen LogP contribution is 2.28. The number of rotatable bonds is 53. The predicted octanol–water partition coefficient (Wildman–Crippen LogP) is 2.16. The van der Waals surface area contributed by atoms with Gasteiger partial charge in [0.25, 0.3) is 11.8 Å². The van der Waals surface area contributed by atoms with Crippen LogP contribution in [0, 0.1) is 23.7 Å². The fourth-order valence-electron chi connectivity index (χ4n) is 10.5. The number of carbonyl (C=O) groups is 10. The number of ether oxygens (including phenoxy) is 10. The summed E-state index contributed by atoms with van der Waals surface area (Å²) >= 11 is 0. The lowest BCUT2D eigenvalue weighted by Gasteiger charge is -2.26. The van der Waals surface area contributed by atoms with E-state index in [2.05, 4.69) is 55.6 Å². The van der Waals surface area contributed by atoms with Gasteiger partial charge in [-0.05, 0) is 47.5 Å². The fraction of sp³-hybridized carbons (Fsp3) is 0.481. The van der Waals surface area contributed by atoms with Crippen molar-refractivity contribution in [1.29, 1.82) is 0 Å². The number of benzene rings is 4. The van der Waals surface area contributed by atoms with Crippen LogP contribution < -0.4 is 41.7 Å². The molecule has 6 N–H and O–H groups in total. The molecular formula is C77H97N9O20. The second-order valence-electron chi connectivity index (χ2n) is 24.0. The number of hydrogen-bond acceptors (Lipinski definition) is 20. The first-order valence-corrected chi connectivity index (χ1v) is 35.7. The highest BCUT2D eigenvalue weighted by Gasteiger charge is 2.26. The molecule has 106 heavy (non-hydrogen) atoms. The molecule has 570 valence electrons. The van der Waals surface area contributed by atoms with Crippen LogP contribution in [0.25, 0.3) is 0 Å². The molecule has 0 radical (unpaired) electrons. The van der Waals surface area contributed by atoms with Crippen molar-refractivity contribution < 1.29 is 95.3 Å². The summed E-state index contributed by atoms with van der Waals surface area (Å²) < 4.78 is 56.0. The summed E-state index contributed by atoms with van der Waals surface area (Å²) in [6.07, 6.45) is 2.47. The summed E-state index contributed by atoms with van der Waals surface area (Å²) in [5, 5.41) is 16.6. The molecule has 0 aliphatic carbocycles. The van der Waals surface area contributed by atoms with E-state index in [1.165, 1.54) is 0 Å². The smallest absolute Gasteiger partial charge is 0.253 e. The fourth-order valence-corrected chi connectivity index (χ4v) is 10.5. The Morgan fingerprint density at radius 1 is 0.330 bits per heavy atom. The van der Waals surface area contributed by atoms with E-state index in [-0.39, 0.29) is 230 Å². The van der Waals surface area contributed by atoms with Gasteiger partial charge in [0, 0.05) is 125 Å². The van der Waals surface area contributed by atoms with E-state index in [0.29, 0.717) is 64.1 Å². The van der Waals surface area contributed by atoms with Crippen molar-refractivity contribution in [2.45, 2.75) is 70.5 Å². The third-order valence-electron chi connectivity index (χ3n) is 16.1. The number of para-hydroxylation sites is 2. The Morgan fingerprint density at radius 3 is 1.03 bits per heavy atom. The molecule has 0 fully saturated rings. The van der Waals surface area contributed by atoms with Crippen molar-refractivity contribution in [3.63, 3.8) is 0 Å². The molecule has 10 amide bonds. The molecule has 7 rings (SSSR count). The normalized spacial score (nSPS) is 12.6. The minimum Gasteiger partial charge on any atom is -0.379 e. The van der Waals surface area contributed by atoms with E-state index in [1.54, 1.807) is 9.80 Å². The maximum Gasteiger partial charge on any atom is 0.253 e. The first-order chi connectivity index (χ1) is 51.8. The minimum atomic E-state index is -0.633. The van der Waals surface area contributed by atoms with Gasteiger partial charge >= 0.3 is 0 Å². The second-order valence-corrected chi connectivity index (χ2v) is 24.0. The van der Waals surface area contributed by atoms with Crippen LogP contribution in [0.3, 0.4) is 0 Å². The van der Waals surface area contributed by atoms with Crippen LogP contribution >= 0.6 is 0 Å². The van der Waals surface area contributed by atoms with Crippen LogP contribution in [-0.2, 0) is 108 Å². The maximum absolute atomic E-state index is 13.4. The molecule has 29 nitrogen and oxygen atoms in total. The van der Waals surface area contributed by atoms with E-state index >= 15 is 0 Å². The maximum atomic E-state index is 13.4. The summed E-state index contributed by atoms with van der Waals surface area (Å²) in [5.41, 5.74) is 6.52. The van der Waals surface area contributed by atoms with Crippen LogP contribution in [0.5, 0.6) is 0 Å². The van der Waals surface area contributed by atoms with Gasteiger partial charge in [0.15, 0.2) is 0 Å². The predicted molar refractivity (Wildman–Crippen MR) is 388 cm³/mol. The van der Waals surface area contributed by atoms with E-state index in [1.807, 2.05) is 97.1 Å². The zero-order valence-electron chi connectivity index (χ0n) is 59.9. The molecule has 0 bridgehead atoms. The number of nitrogens with zero attached hydrogens (tertiary/aromatic N) is 3. The zero-order valence-corrected chi connectivity index (χ0v) is 59.9. The van der Waals surface area contributed by atoms with Gasteiger partial charge < -0.3 is 89.1 Å². The molecule has 0 spiro atoms. The molecule has 4 aromatic rings. The lowest BCUT2D eigenvalue weighted by Crippen LogP contribution is -2.42. The zero-order chi connectivity index (χ0) is 75.0. The summed E-state index contributed by atoms with van der Waals surface area (Å²) in [6, 6.07) is 29.8. The Bertz CT molecular complexity index is 3450. The third kappa shape index (κ3) is 32.7. The highest BCUT2D eigenvalue weighted by molar-refractivity contribution is 6.13. The summed E-state index contributed by atoms with van der Waals surface area (Å²) in [7, 11) is 0. The third-order valence-corrected chi connectivity index (χ3v) is 16.1. The van der Waals surface area contributed by atoms with Gasteiger partial charge in [0.1, 0.15) is 0 Å². The molecule has 0 aromatic heterocycles. The molecule has 3 aliphatic rings. The highest BCUT2D eigenvalue weighted by atomic mass is 16.6. The lowest BCUT2D eigenvalue weighted by molar-refractivity contribution is -0.137. The molecule has 3 heterocycles. The SMILES string of the molecule is O=C(CCOCC(COCCC(=O)NCCOCCOCCOCCNC(=O)CCC(=O)N1Cc2ccccc2C#Cc2ccccc21)NC(=O)CCOCCOCCNC(=O)CCN1C(=O)C=CC1=O)NCCOCCOCCOCCNC(=O)CCC(=O)N1Cc2ccccc2C#Cc2ccccc21. The summed E-state index contributed by atoms with van der Waals surface area (Å²) in [6.45, 7) is 6.09. The van der Waals surface area contributed by atoms with Crippen LogP contribution in [0.2, 0.25) is 0 Å². The van der Waals surface area contributed by atoms with Crippen molar-refractivity contribution in [3.8, 4) is 23.7 Å². The Labute approximate surface area is 618 Å². The van der Waals surface area contributed by atoms with Gasteiger partial charge in [-0.2, -0.15) is 0 Å². The molecule has 4 aromatic carbocycles. The van der Waals surface area contributed by atoms with Gasteiger partial charge in [0.05, 0.1) is 163 Å². The number of fused-ring (bicyclic) bond motifs is 4. The van der Waals surface area contributed by atoms with E-state index in [4.69, 9.17) is 47.4 Å². The molecule has 0 saturated carbocycles. The van der Waals surface area contributed by atoms with Crippen LogP contribution in [-0.4, -0.2) is 241 Å². The van der Waals surface area contributed by atoms with Crippen LogP contribution in [0.15, 0.2) is 109 Å². The van der Waals surface area contributed by atoms with Crippen molar-refractivity contribution in [2.75, 3.05) is 181 Å². The van der Waals surface area contributed by atoms with Gasteiger partial charge in [-0.25, -0.2) is 0 Å². The number of imide groups is 1. The van der Waals surface area contributed by atoms with Crippen molar-refractivity contribution in [3.05, 3.63) is 143 Å². The quantitative estimate of drug-likeness (QED) is 0.0210. The standard InChI is InChI=1S/C77H97N9O20/c87-68(21-23-76(95)85-55-63-13-3-1-9-59(63)17-19-61-11-5-7-15-66(61)85)78-31-40-99-47-51-103-53-49-101-43-34-81-71(90)28-38-105-57-65(83-73(92)30-37-97-45-46-98-42-33-80-70(89)27-36-84-74(93)25-26-75(84)94)58-106-39-29-72(91)82-35-44-102-50-54-104-52-48-100-41-32-79-69(88)22-24-77(96)86-56-64-14-4-2-10-60(64)18-20-62-12-6-8-16-67(62)86/h1-16,25-26,65H,21-24,27-58H2,(H,78,87)(H,79,88)(H,80,89)(H,81,90)(H,82,91)(H,83,92). The van der Waals surface area contributed by atoms with Crippen molar-refractivity contribution in [2.24, 2.45) is 0 Å². The second kappa shape index (κ2) is 49.9. The Kier molecular flexibility index (Phi) is 39.3. The molecule has 0 saturated heterocycles. The number of nitrogens with one attached hydrogen (secondary N) is 6. The topological polar surface area (TPSA) is 345 Å². The van der Waals surface area contributed by atoms with Gasteiger partial charge in [-0.15, -0.1) is 0 Å². The number of anilines is 2. The summed E-state index contributed by atoms with van der Waals surface area (Å²) in [4.78, 5) is 130. The average molecular weight is 1470 g/mol. The first kappa shape index (κ1) is 83.5. The van der Waals surface area contributed by atoms with E-state index in [0.717, 1.165) is 50.4 Å². The molecule has 3 aliphatic heterocycles. The van der Waals surface area contributed by atoms with Gasteiger partial charge in [-0.1, -0.05) is 84.3 Å². The lowest BCUT2D eigenvalue weighted by atomic mass is 10.0. The minimum absolute atomic E-state index is 0.000364. The Balaban J connectivity index is 0.668. The van der Waals surface area contributed by atoms with Crippen LogP contribution in [0.1, 0.15) is 84.7 Å². The monoisotopic (exact) mass is 1470 g/mol. The van der Waals surface area contributed by atoms with Crippen LogP contribution in [0.4, 0.5) is 11.4 Å². The Morgan fingerprint density at radius 2 is 0.632 bits per heavy atom. The molecular weight excluding hydrogens is 1370 g/mol. The van der Waals surface area contributed by atoms with E-state index < -0.39 is 17.9 Å². The molecule has 29 heteroatoms. The largest absolute Gasteiger partial charge is 0.379 e. The summed E-state index contributed by atoms with van der Waals surface area (Å²) in [5.74, 6) is 9.77. The first-order valence-electron chi connectivity index (χ1n) is 35.7. The van der Waals surface area contributed by atoms with Gasteiger partial charge in [-0.3, -0.25) is 52.8 Å². The number of carbonyl (C=O) groups excluding carboxylic acids is 10. The Hall–Kier alpha value is -9.76. The molecule has 0 unspecified atom stereocenters.